The zero-order chi connectivity index (χ0) is 36.2. The van der Waals surface area contributed by atoms with E-state index in [1.807, 2.05) is 48.5 Å². The first-order chi connectivity index (χ1) is 24.7. The lowest BCUT2D eigenvalue weighted by Gasteiger charge is -2.31. The van der Waals surface area contributed by atoms with Crippen molar-refractivity contribution in [3.63, 3.8) is 0 Å². The van der Waals surface area contributed by atoms with E-state index in [0.717, 1.165) is 11.1 Å². The third kappa shape index (κ3) is 9.57. The van der Waals surface area contributed by atoms with E-state index in [9.17, 15) is 18.0 Å². The normalized spacial score (nSPS) is 13.9. The number of amides is 2. The van der Waals surface area contributed by atoms with Gasteiger partial charge in [-0.3, -0.25) is 9.59 Å². The molecule has 1 fully saturated rings. The van der Waals surface area contributed by atoms with Crippen molar-refractivity contribution in [3.05, 3.63) is 114 Å². The molecule has 0 spiro atoms. The Morgan fingerprint density at radius 2 is 1.45 bits per heavy atom. The Labute approximate surface area is 298 Å². The Morgan fingerprint density at radius 1 is 0.804 bits per heavy atom. The van der Waals surface area contributed by atoms with E-state index >= 15 is 0 Å². The predicted octanol–water partition coefficient (Wildman–Crippen LogP) is 4.24. The van der Waals surface area contributed by atoms with Crippen molar-refractivity contribution in [2.45, 2.75) is 23.9 Å². The molecule has 1 N–H and O–H groups in total. The van der Waals surface area contributed by atoms with Gasteiger partial charge < -0.3 is 33.9 Å². The Balaban J connectivity index is 1.35. The second-order valence-electron chi connectivity index (χ2n) is 11.7. The molecule has 0 aliphatic carbocycles. The molecule has 1 aliphatic heterocycles. The van der Waals surface area contributed by atoms with Crippen LogP contribution in [0.15, 0.2) is 102 Å². The number of methoxy groups -OCH3 is 3. The van der Waals surface area contributed by atoms with Crippen LogP contribution in [-0.4, -0.2) is 90.2 Å². The first kappa shape index (κ1) is 37.2. The maximum Gasteiger partial charge on any atom is 0.261 e. The van der Waals surface area contributed by atoms with E-state index in [0.29, 0.717) is 54.7 Å². The molecule has 1 heterocycles. The van der Waals surface area contributed by atoms with Gasteiger partial charge in [0.05, 0.1) is 39.4 Å². The largest absolute Gasteiger partial charge is 0.497 e. The highest BCUT2D eigenvalue weighted by atomic mass is 32.2. The van der Waals surface area contributed by atoms with E-state index in [4.69, 9.17) is 23.7 Å². The lowest BCUT2D eigenvalue weighted by Crippen LogP contribution is -2.45. The van der Waals surface area contributed by atoms with Crippen LogP contribution < -0.4 is 24.3 Å². The van der Waals surface area contributed by atoms with Gasteiger partial charge in [-0.2, -0.15) is 4.31 Å². The van der Waals surface area contributed by atoms with Crippen LogP contribution in [-0.2, 0) is 37.3 Å². The van der Waals surface area contributed by atoms with Crippen LogP contribution in [0.2, 0.25) is 0 Å². The van der Waals surface area contributed by atoms with Gasteiger partial charge in [-0.1, -0.05) is 48.5 Å². The number of nitrogens with zero attached hydrogens (tertiary/aromatic N) is 2. The van der Waals surface area contributed by atoms with E-state index in [1.54, 1.807) is 45.6 Å². The summed E-state index contributed by atoms with van der Waals surface area (Å²) < 4.78 is 54.8. The SMILES string of the molecule is COc1ccc(CN(C(=O)COc2ccc(S(=O)(=O)N3CCOCC3)cc2)[C@@H](C(=O)NCCc2ccc(OC)c(OC)c2)c2ccccc2)cc1. The summed E-state index contributed by atoms with van der Waals surface area (Å²) in [5.41, 5.74) is 2.34. The fourth-order valence-corrected chi connectivity index (χ4v) is 7.10. The molecule has 2 amide bonds. The maximum atomic E-state index is 14.1. The smallest absolute Gasteiger partial charge is 0.261 e. The maximum absolute atomic E-state index is 14.1. The van der Waals surface area contributed by atoms with Gasteiger partial charge in [0.2, 0.25) is 15.9 Å². The number of carbonyl (C=O) groups is 2. The summed E-state index contributed by atoms with van der Waals surface area (Å²) in [6, 6.07) is 26.9. The first-order valence-corrected chi connectivity index (χ1v) is 17.9. The van der Waals surface area contributed by atoms with Crippen LogP contribution in [0.4, 0.5) is 0 Å². The molecule has 270 valence electrons. The van der Waals surface area contributed by atoms with Crippen LogP contribution in [0.5, 0.6) is 23.0 Å². The van der Waals surface area contributed by atoms with Crippen molar-refractivity contribution < 1.29 is 41.7 Å². The molecule has 0 aromatic heterocycles. The third-order valence-corrected chi connectivity index (χ3v) is 10.4. The predicted molar refractivity (Wildman–Crippen MR) is 191 cm³/mol. The summed E-state index contributed by atoms with van der Waals surface area (Å²) in [6.07, 6.45) is 0.514. The molecule has 4 aromatic rings. The zero-order valence-corrected chi connectivity index (χ0v) is 29.8. The van der Waals surface area contributed by atoms with Gasteiger partial charge in [-0.05, 0) is 71.6 Å². The van der Waals surface area contributed by atoms with E-state index < -0.39 is 28.6 Å². The fourth-order valence-electron chi connectivity index (χ4n) is 5.69. The Kier molecular flexibility index (Phi) is 12.9. The van der Waals surface area contributed by atoms with Crippen LogP contribution in [0.3, 0.4) is 0 Å². The first-order valence-electron chi connectivity index (χ1n) is 16.5. The highest BCUT2D eigenvalue weighted by Gasteiger charge is 2.32. The molecule has 5 rings (SSSR count). The van der Waals surface area contributed by atoms with E-state index in [2.05, 4.69) is 5.32 Å². The fraction of sp³-hybridized carbons (Fsp3) is 0.316. The van der Waals surface area contributed by atoms with E-state index in [-0.39, 0.29) is 30.4 Å². The average Bonchev–Trinajstić information content (AvgIpc) is 3.17. The minimum absolute atomic E-state index is 0.103. The number of carbonyl (C=O) groups excluding carboxylic acids is 2. The molecule has 1 atom stereocenters. The van der Waals surface area contributed by atoms with Gasteiger partial charge >= 0.3 is 0 Å². The van der Waals surface area contributed by atoms with Gasteiger partial charge in [0.15, 0.2) is 18.1 Å². The van der Waals surface area contributed by atoms with Crippen LogP contribution >= 0.6 is 0 Å². The quantitative estimate of drug-likeness (QED) is 0.181. The van der Waals surface area contributed by atoms with Crippen molar-refractivity contribution in [2.24, 2.45) is 0 Å². The summed E-state index contributed by atoms with van der Waals surface area (Å²) >= 11 is 0. The molecule has 0 unspecified atom stereocenters. The molecular formula is C38H43N3O9S. The molecule has 4 aromatic carbocycles. The zero-order valence-electron chi connectivity index (χ0n) is 28.9. The number of rotatable bonds is 16. The van der Waals surface area contributed by atoms with Crippen molar-refractivity contribution in [3.8, 4) is 23.0 Å². The summed E-state index contributed by atoms with van der Waals surface area (Å²) in [6.45, 7) is 1.26. The molecule has 13 heteroatoms. The second-order valence-corrected chi connectivity index (χ2v) is 13.6. The van der Waals surface area contributed by atoms with Crippen LogP contribution in [0.25, 0.3) is 0 Å². The van der Waals surface area contributed by atoms with Gasteiger partial charge in [-0.15, -0.1) is 0 Å². The molecule has 1 saturated heterocycles. The Bertz CT molecular complexity index is 1850. The molecule has 51 heavy (non-hydrogen) atoms. The second kappa shape index (κ2) is 17.7. The number of nitrogens with one attached hydrogen (secondary N) is 1. The lowest BCUT2D eigenvalue weighted by molar-refractivity contribution is -0.143. The highest BCUT2D eigenvalue weighted by Crippen LogP contribution is 2.29. The van der Waals surface area contributed by atoms with E-state index in [1.165, 1.54) is 33.5 Å². The molecule has 1 aliphatic rings. The number of ether oxygens (including phenoxy) is 5. The topological polar surface area (TPSA) is 133 Å². The number of benzene rings is 4. The van der Waals surface area contributed by atoms with Crippen molar-refractivity contribution in [1.29, 1.82) is 0 Å². The minimum Gasteiger partial charge on any atom is -0.497 e. The standard InChI is InChI=1S/C38H43N3O9S/c1-46-31-12-9-29(10-13-31)26-41(36(42)27-50-32-14-16-33(17-15-32)51(44,45)40-21-23-49-24-22-40)37(30-7-5-4-6-8-30)38(43)39-20-19-28-11-18-34(47-2)35(25-28)48-3/h4-18,25,37H,19-24,26-27H2,1-3H3,(H,39,43)/t37-/m1/s1. The van der Waals surface area contributed by atoms with Crippen LogP contribution in [0, 0.1) is 0 Å². The third-order valence-electron chi connectivity index (χ3n) is 8.46. The Hall–Kier alpha value is -5.11. The minimum atomic E-state index is -3.69. The number of sulfonamides is 1. The molecule has 0 bridgehead atoms. The van der Waals surface area contributed by atoms with Crippen molar-refractivity contribution >= 4 is 21.8 Å². The molecule has 12 nitrogen and oxygen atoms in total. The summed E-state index contributed by atoms with van der Waals surface area (Å²) in [4.78, 5) is 29.7. The Morgan fingerprint density at radius 3 is 2.10 bits per heavy atom. The number of morpholine rings is 1. The van der Waals surface area contributed by atoms with Crippen molar-refractivity contribution in [2.75, 3.05) is 60.8 Å². The molecular weight excluding hydrogens is 674 g/mol. The summed E-state index contributed by atoms with van der Waals surface area (Å²) in [5.74, 6) is 1.36. The lowest BCUT2D eigenvalue weighted by atomic mass is 10.0. The van der Waals surface area contributed by atoms with Gasteiger partial charge in [0, 0.05) is 26.2 Å². The highest BCUT2D eigenvalue weighted by molar-refractivity contribution is 7.89. The summed E-state index contributed by atoms with van der Waals surface area (Å²) in [7, 11) is 1.02. The van der Waals surface area contributed by atoms with Gasteiger partial charge in [0.25, 0.3) is 5.91 Å². The van der Waals surface area contributed by atoms with Crippen LogP contribution in [0.1, 0.15) is 22.7 Å². The molecule has 0 saturated carbocycles. The van der Waals surface area contributed by atoms with Gasteiger partial charge in [-0.25, -0.2) is 8.42 Å². The summed E-state index contributed by atoms with van der Waals surface area (Å²) in [5, 5.41) is 3.02. The number of hydrogen-bond donors (Lipinski definition) is 1. The van der Waals surface area contributed by atoms with Crippen molar-refractivity contribution in [1.82, 2.24) is 14.5 Å². The monoisotopic (exact) mass is 717 g/mol. The average molecular weight is 718 g/mol. The molecule has 0 radical (unpaired) electrons. The number of hydrogen-bond acceptors (Lipinski definition) is 9. The van der Waals surface area contributed by atoms with Gasteiger partial charge in [0.1, 0.15) is 17.5 Å².